The number of hydrogen-bond acceptors (Lipinski definition) is 4. The minimum absolute atomic E-state index is 0.899. The number of nitrogens with two attached hydrogens (primary N) is 4. The highest BCUT2D eigenvalue weighted by atomic mass is 79.9. The molecule has 10 nitrogen and oxygen atoms in total. The summed E-state index contributed by atoms with van der Waals surface area (Å²) >= 11 is 5.69. The second-order valence-corrected chi connectivity index (χ2v) is 8.43. The molecule has 0 heterocycles. The number of amides is 2. The van der Waals surface area contributed by atoms with Gasteiger partial charge in [-0.3, -0.25) is 50.9 Å². The number of carbonyl (C=O) groups excluding carboxylic acids is 2. The van der Waals surface area contributed by atoms with E-state index in [-0.39, 0.29) is 0 Å². The molecule has 0 spiro atoms. The standard InChI is InChI=1S/C4H12Br2N6O4P2/c5-1(3(13)11-17(7,8)15)2(6)4(14)12-18(9,10)16/h1-2H,(H5,7,8,11,13,15)(H5,9,10,12,14,16). The highest BCUT2D eigenvalue weighted by Gasteiger charge is 2.33. The Kier molecular flexibility index (Phi) is 6.65. The zero-order chi connectivity index (χ0) is 14.7. The highest BCUT2D eigenvalue weighted by Crippen LogP contribution is 2.24. The van der Waals surface area contributed by atoms with Gasteiger partial charge in [0.05, 0.1) is 0 Å². The summed E-state index contributed by atoms with van der Waals surface area (Å²) < 4.78 is 21.9. The summed E-state index contributed by atoms with van der Waals surface area (Å²) in [5.74, 6) is -1.80. The monoisotopic (exact) mass is 428 g/mol. The normalized spacial score (nSPS) is 15.7. The van der Waals surface area contributed by atoms with Gasteiger partial charge in [-0.1, -0.05) is 31.9 Å². The molecule has 2 amide bonds. The van der Waals surface area contributed by atoms with Gasteiger partial charge in [0.1, 0.15) is 9.65 Å². The van der Waals surface area contributed by atoms with Crippen molar-refractivity contribution in [1.29, 1.82) is 0 Å². The zero-order valence-electron chi connectivity index (χ0n) is 8.75. The van der Waals surface area contributed by atoms with Crippen molar-refractivity contribution in [1.82, 2.24) is 10.2 Å². The van der Waals surface area contributed by atoms with Crippen molar-refractivity contribution in [3.63, 3.8) is 0 Å². The third-order valence-electron chi connectivity index (χ3n) is 1.33. The maximum Gasteiger partial charge on any atom is 0.300 e. The minimum atomic E-state index is -3.77. The Morgan fingerprint density at radius 2 is 1.06 bits per heavy atom. The van der Waals surface area contributed by atoms with Crippen molar-refractivity contribution < 1.29 is 18.7 Å². The van der Waals surface area contributed by atoms with Crippen LogP contribution in [0, 0.1) is 0 Å². The Bertz CT molecular complexity index is 393. The fraction of sp³-hybridized carbons (Fsp3) is 0.500. The van der Waals surface area contributed by atoms with E-state index in [1.165, 1.54) is 0 Å². The van der Waals surface area contributed by atoms with Crippen molar-refractivity contribution in [3.05, 3.63) is 0 Å². The Labute approximate surface area is 119 Å². The smallest absolute Gasteiger partial charge is 0.282 e. The van der Waals surface area contributed by atoms with Crippen LogP contribution in [0.2, 0.25) is 0 Å². The summed E-state index contributed by atoms with van der Waals surface area (Å²) in [6.07, 6.45) is 0. The predicted molar refractivity (Wildman–Crippen MR) is 73.7 cm³/mol. The van der Waals surface area contributed by atoms with E-state index < -0.39 is 36.7 Å². The molecular weight excluding hydrogens is 418 g/mol. The summed E-state index contributed by atoms with van der Waals surface area (Å²) in [6, 6.07) is 0. The molecule has 14 heteroatoms. The van der Waals surface area contributed by atoms with Crippen LogP contribution >= 0.6 is 47.0 Å². The SMILES string of the molecule is NP(N)(=O)NC(=O)C(Br)C(Br)C(=O)NP(N)(N)=O. The molecule has 106 valence electrons. The summed E-state index contributed by atoms with van der Waals surface area (Å²) in [5, 5.41) is 3.60. The summed E-state index contributed by atoms with van der Waals surface area (Å²) in [7, 11) is -7.55. The van der Waals surface area contributed by atoms with Crippen LogP contribution in [0.3, 0.4) is 0 Å². The van der Waals surface area contributed by atoms with Crippen LogP contribution in [-0.4, -0.2) is 21.5 Å². The van der Waals surface area contributed by atoms with Crippen LogP contribution in [0.4, 0.5) is 0 Å². The number of nitrogens with one attached hydrogen (secondary N) is 2. The van der Waals surface area contributed by atoms with Crippen molar-refractivity contribution in [2.45, 2.75) is 9.65 Å². The van der Waals surface area contributed by atoms with Gasteiger partial charge in [-0.25, -0.2) is 0 Å². The zero-order valence-corrected chi connectivity index (χ0v) is 13.7. The molecule has 0 aromatic carbocycles. The quantitative estimate of drug-likeness (QED) is 0.231. The molecule has 0 aromatic rings. The first-order valence-corrected chi connectivity index (χ1v) is 9.62. The van der Waals surface area contributed by atoms with Crippen LogP contribution in [0.5, 0.6) is 0 Å². The van der Waals surface area contributed by atoms with Crippen molar-refractivity contribution in [2.24, 2.45) is 22.0 Å². The molecule has 0 bridgehead atoms. The lowest BCUT2D eigenvalue weighted by atomic mass is 10.3. The molecule has 10 N–H and O–H groups in total. The molecule has 0 aliphatic carbocycles. The third-order valence-corrected chi connectivity index (χ3v) is 5.07. The Hall–Kier alpha value is 0.200. The average molecular weight is 430 g/mol. The topological polar surface area (TPSA) is 196 Å². The molecule has 0 saturated heterocycles. The van der Waals surface area contributed by atoms with Gasteiger partial charge in [0.2, 0.25) is 11.8 Å². The molecule has 2 atom stereocenters. The Morgan fingerprint density at radius 1 is 0.833 bits per heavy atom. The molecule has 0 fully saturated rings. The van der Waals surface area contributed by atoms with Crippen LogP contribution in [-0.2, 0) is 18.7 Å². The first-order chi connectivity index (χ1) is 7.83. The third kappa shape index (κ3) is 7.59. The number of hydrogen-bond donors (Lipinski definition) is 6. The predicted octanol–water partition coefficient (Wildman–Crippen LogP) is -1.20. The van der Waals surface area contributed by atoms with Crippen LogP contribution < -0.4 is 32.2 Å². The van der Waals surface area contributed by atoms with Crippen LogP contribution in [0.25, 0.3) is 0 Å². The number of rotatable bonds is 5. The van der Waals surface area contributed by atoms with Crippen molar-refractivity contribution >= 4 is 58.9 Å². The fourth-order valence-corrected chi connectivity index (χ4v) is 2.76. The Morgan fingerprint density at radius 3 is 1.22 bits per heavy atom. The Balaban J connectivity index is 4.65. The first-order valence-electron chi connectivity index (χ1n) is 4.10. The van der Waals surface area contributed by atoms with E-state index in [0.717, 1.165) is 0 Å². The maximum atomic E-state index is 11.4. The number of carbonyl (C=O) groups is 2. The van der Waals surface area contributed by atoms with E-state index in [9.17, 15) is 18.7 Å². The van der Waals surface area contributed by atoms with Crippen molar-refractivity contribution in [2.75, 3.05) is 0 Å². The lowest BCUT2D eigenvalue weighted by Crippen LogP contribution is -2.44. The van der Waals surface area contributed by atoms with Gasteiger partial charge in [-0.05, 0) is 0 Å². The van der Waals surface area contributed by atoms with E-state index in [0.29, 0.717) is 0 Å². The van der Waals surface area contributed by atoms with Gasteiger partial charge >= 0.3 is 0 Å². The summed E-state index contributed by atoms with van der Waals surface area (Å²) in [4.78, 5) is 20.5. The van der Waals surface area contributed by atoms with Crippen LogP contribution in [0.1, 0.15) is 0 Å². The van der Waals surface area contributed by atoms with Crippen molar-refractivity contribution in [3.8, 4) is 0 Å². The molecule has 0 saturated carbocycles. The molecule has 2 unspecified atom stereocenters. The minimum Gasteiger partial charge on any atom is -0.282 e. The van der Waals surface area contributed by atoms with Gasteiger partial charge < -0.3 is 0 Å². The van der Waals surface area contributed by atoms with E-state index in [4.69, 9.17) is 22.0 Å². The van der Waals surface area contributed by atoms with E-state index in [1.54, 1.807) is 10.2 Å². The molecule has 0 aliphatic rings. The van der Waals surface area contributed by atoms with Gasteiger partial charge in [0.25, 0.3) is 15.2 Å². The second-order valence-electron chi connectivity index (χ2n) is 3.17. The van der Waals surface area contributed by atoms with Gasteiger partial charge in [0, 0.05) is 0 Å². The molecule has 0 aliphatic heterocycles. The largest absolute Gasteiger partial charge is 0.300 e. The van der Waals surface area contributed by atoms with Gasteiger partial charge in [0.15, 0.2) is 0 Å². The van der Waals surface area contributed by atoms with E-state index >= 15 is 0 Å². The highest BCUT2D eigenvalue weighted by molar-refractivity contribution is 9.12. The lowest BCUT2D eigenvalue weighted by Gasteiger charge is -2.18. The maximum absolute atomic E-state index is 11.4. The average Bonchev–Trinajstić information content (AvgIpc) is 2.09. The van der Waals surface area contributed by atoms with Gasteiger partial charge in [-0.15, -0.1) is 0 Å². The summed E-state index contributed by atoms with van der Waals surface area (Å²) in [5.41, 5.74) is 19.7. The molecule has 0 rings (SSSR count). The first kappa shape index (κ1) is 18.2. The molecule has 18 heavy (non-hydrogen) atoms. The fourth-order valence-electron chi connectivity index (χ4n) is 0.734. The lowest BCUT2D eigenvalue weighted by molar-refractivity contribution is -0.123. The van der Waals surface area contributed by atoms with E-state index in [2.05, 4.69) is 31.9 Å². The summed E-state index contributed by atoms with van der Waals surface area (Å²) in [6.45, 7) is 0. The molecular formula is C4H12Br2N6O4P2. The van der Waals surface area contributed by atoms with Gasteiger partial charge in [-0.2, -0.15) is 0 Å². The molecule has 0 radical (unpaired) electrons. The van der Waals surface area contributed by atoms with E-state index in [1.807, 2.05) is 0 Å². The molecule has 0 aromatic heterocycles. The van der Waals surface area contributed by atoms with Crippen LogP contribution in [0.15, 0.2) is 0 Å². The second kappa shape index (κ2) is 6.58. The number of halogens is 2. The number of alkyl halides is 2.